The normalized spacial score (nSPS) is 10.2. The van der Waals surface area contributed by atoms with Crippen molar-refractivity contribution in [1.82, 2.24) is 0 Å². The first-order valence-corrected chi connectivity index (χ1v) is 6.41. The lowest BCUT2D eigenvalue weighted by molar-refractivity contribution is -0.139. The van der Waals surface area contributed by atoms with Gasteiger partial charge in [0.15, 0.2) is 0 Å². The molecule has 2 aromatic carbocycles. The molecule has 0 fully saturated rings. The summed E-state index contributed by atoms with van der Waals surface area (Å²) in [5.41, 5.74) is 7.72. The van der Waals surface area contributed by atoms with Crippen molar-refractivity contribution in [3.8, 4) is 5.75 Å². The van der Waals surface area contributed by atoms with Gasteiger partial charge in [-0.15, -0.1) is 0 Å². The fourth-order valence-electron chi connectivity index (χ4n) is 1.89. The van der Waals surface area contributed by atoms with Crippen LogP contribution in [0.1, 0.15) is 11.1 Å². The van der Waals surface area contributed by atoms with Gasteiger partial charge in [0.1, 0.15) is 18.2 Å². The molecule has 4 nitrogen and oxygen atoms in total. The molecule has 0 atom stereocenters. The Morgan fingerprint density at radius 2 is 1.90 bits per heavy atom. The number of esters is 1. The number of rotatable bonds is 5. The third-order valence-electron chi connectivity index (χ3n) is 3.04. The molecule has 2 aromatic rings. The summed E-state index contributed by atoms with van der Waals surface area (Å²) in [5, 5.41) is 0. The molecule has 0 aromatic heterocycles. The van der Waals surface area contributed by atoms with E-state index in [1.165, 1.54) is 25.3 Å². The van der Waals surface area contributed by atoms with Crippen LogP contribution in [0.15, 0.2) is 42.5 Å². The largest absolute Gasteiger partial charge is 0.487 e. The van der Waals surface area contributed by atoms with Gasteiger partial charge in [0, 0.05) is 6.07 Å². The number of nitrogens with two attached hydrogens (primary N) is 1. The Morgan fingerprint density at radius 3 is 2.62 bits per heavy atom. The summed E-state index contributed by atoms with van der Waals surface area (Å²) in [7, 11) is 1.34. The molecular weight excluding hydrogens is 273 g/mol. The fourth-order valence-corrected chi connectivity index (χ4v) is 1.89. The van der Waals surface area contributed by atoms with Gasteiger partial charge in [0.2, 0.25) is 0 Å². The number of carbonyl (C=O) groups excluding carboxylic acids is 1. The van der Waals surface area contributed by atoms with Crippen LogP contribution in [0.4, 0.5) is 10.1 Å². The van der Waals surface area contributed by atoms with Crippen LogP contribution < -0.4 is 10.5 Å². The van der Waals surface area contributed by atoms with Crippen molar-refractivity contribution in [2.75, 3.05) is 12.8 Å². The molecule has 2 rings (SSSR count). The highest BCUT2D eigenvalue weighted by molar-refractivity contribution is 5.72. The smallest absolute Gasteiger partial charge is 0.309 e. The van der Waals surface area contributed by atoms with Crippen molar-refractivity contribution in [2.45, 2.75) is 13.0 Å². The van der Waals surface area contributed by atoms with Gasteiger partial charge in [-0.1, -0.05) is 24.3 Å². The highest BCUT2D eigenvalue weighted by atomic mass is 19.1. The van der Waals surface area contributed by atoms with Gasteiger partial charge in [-0.2, -0.15) is 0 Å². The standard InChI is InChI=1S/C16H16FNO3/c1-20-16(19)8-11-4-2-3-5-12(11)10-21-15-9-13(17)6-7-14(15)18/h2-7,9H,8,10,18H2,1H3. The molecule has 0 bridgehead atoms. The lowest BCUT2D eigenvalue weighted by Crippen LogP contribution is -2.08. The van der Waals surface area contributed by atoms with Gasteiger partial charge in [0.25, 0.3) is 0 Å². The minimum absolute atomic E-state index is 0.161. The van der Waals surface area contributed by atoms with E-state index in [1.54, 1.807) is 0 Å². The molecule has 110 valence electrons. The van der Waals surface area contributed by atoms with Gasteiger partial charge in [0.05, 0.1) is 19.2 Å². The summed E-state index contributed by atoms with van der Waals surface area (Å²) < 4.78 is 23.4. The monoisotopic (exact) mass is 289 g/mol. The van der Waals surface area contributed by atoms with E-state index in [0.29, 0.717) is 5.69 Å². The molecule has 0 unspecified atom stereocenters. The van der Waals surface area contributed by atoms with Crippen LogP contribution in [-0.4, -0.2) is 13.1 Å². The average molecular weight is 289 g/mol. The average Bonchev–Trinajstić information content (AvgIpc) is 2.49. The predicted octanol–water partition coefficient (Wildman–Crippen LogP) is 2.70. The van der Waals surface area contributed by atoms with E-state index in [9.17, 15) is 9.18 Å². The van der Waals surface area contributed by atoms with Crippen molar-refractivity contribution in [3.05, 3.63) is 59.4 Å². The molecule has 0 heterocycles. The van der Waals surface area contributed by atoms with Crippen molar-refractivity contribution in [1.29, 1.82) is 0 Å². The van der Waals surface area contributed by atoms with Gasteiger partial charge >= 0.3 is 5.97 Å². The summed E-state index contributed by atoms with van der Waals surface area (Å²) in [6.45, 7) is 0.195. The Balaban J connectivity index is 2.13. The summed E-state index contributed by atoms with van der Waals surface area (Å²) in [4.78, 5) is 11.4. The lowest BCUT2D eigenvalue weighted by atomic mass is 10.1. The van der Waals surface area contributed by atoms with E-state index in [0.717, 1.165) is 11.1 Å². The molecule has 0 radical (unpaired) electrons. The van der Waals surface area contributed by atoms with Crippen LogP contribution in [0.5, 0.6) is 5.75 Å². The third-order valence-corrected chi connectivity index (χ3v) is 3.04. The Labute approximate surface area is 122 Å². The summed E-state index contributed by atoms with van der Waals surface area (Å²) >= 11 is 0. The van der Waals surface area contributed by atoms with Crippen LogP contribution in [0.2, 0.25) is 0 Å². The van der Waals surface area contributed by atoms with Crippen molar-refractivity contribution in [3.63, 3.8) is 0 Å². The zero-order valence-electron chi connectivity index (χ0n) is 11.6. The second kappa shape index (κ2) is 6.74. The predicted molar refractivity (Wildman–Crippen MR) is 77.3 cm³/mol. The number of ether oxygens (including phenoxy) is 2. The number of methoxy groups -OCH3 is 1. The second-order valence-corrected chi connectivity index (χ2v) is 4.49. The first-order chi connectivity index (χ1) is 10.1. The number of anilines is 1. The minimum Gasteiger partial charge on any atom is -0.487 e. The van der Waals surface area contributed by atoms with Gasteiger partial charge in [-0.05, 0) is 23.3 Å². The van der Waals surface area contributed by atoms with Gasteiger partial charge < -0.3 is 15.2 Å². The quantitative estimate of drug-likeness (QED) is 0.679. The summed E-state index contributed by atoms with van der Waals surface area (Å²) in [6.07, 6.45) is 0.161. The first kappa shape index (κ1) is 14.8. The van der Waals surface area contributed by atoms with E-state index in [4.69, 9.17) is 10.5 Å². The molecule has 5 heteroatoms. The van der Waals surface area contributed by atoms with Gasteiger partial charge in [-0.3, -0.25) is 4.79 Å². The van der Waals surface area contributed by atoms with E-state index < -0.39 is 5.82 Å². The maximum atomic E-state index is 13.2. The van der Waals surface area contributed by atoms with E-state index in [1.807, 2.05) is 24.3 Å². The fraction of sp³-hybridized carbons (Fsp3) is 0.188. The molecule has 2 N–H and O–H groups in total. The molecule has 0 saturated carbocycles. The summed E-state index contributed by atoms with van der Waals surface area (Å²) in [5.74, 6) is -0.461. The van der Waals surface area contributed by atoms with Crippen LogP contribution in [0.25, 0.3) is 0 Å². The maximum Gasteiger partial charge on any atom is 0.309 e. The van der Waals surface area contributed by atoms with Crippen molar-refractivity contribution in [2.24, 2.45) is 0 Å². The van der Waals surface area contributed by atoms with Crippen LogP contribution in [-0.2, 0) is 22.6 Å². The van der Waals surface area contributed by atoms with Crippen LogP contribution in [0.3, 0.4) is 0 Å². The number of benzene rings is 2. The van der Waals surface area contributed by atoms with Crippen molar-refractivity contribution >= 4 is 11.7 Å². The van der Waals surface area contributed by atoms with E-state index in [-0.39, 0.29) is 24.7 Å². The van der Waals surface area contributed by atoms with Gasteiger partial charge in [-0.25, -0.2) is 4.39 Å². The number of hydrogen-bond donors (Lipinski definition) is 1. The number of halogens is 1. The molecular formula is C16H16FNO3. The van der Waals surface area contributed by atoms with E-state index >= 15 is 0 Å². The Kier molecular flexibility index (Phi) is 4.77. The number of nitrogen functional groups attached to an aromatic ring is 1. The molecule has 0 aliphatic rings. The van der Waals surface area contributed by atoms with Crippen LogP contribution in [0, 0.1) is 5.82 Å². The first-order valence-electron chi connectivity index (χ1n) is 6.41. The zero-order valence-corrected chi connectivity index (χ0v) is 11.6. The minimum atomic E-state index is -0.415. The second-order valence-electron chi connectivity index (χ2n) is 4.49. The molecule has 0 aliphatic heterocycles. The molecule has 0 amide bonds. The maximum absolute atomic E-state index is 13.2. The molecule has 0 saturated heterocycles. The Morgan fingerprint density at radius 1 is 1.19 bits per heavy atom. The Hall–Kier alpha value is -2.56. The highest BCUT2D eigenvalue weighted by Gasteiger charge is 2.09. The molecule has 0 spiro atoms. The zero-order chi connectivity index (χ0) is 15.2. The van der Waals surface area contributed by atoms with Crippen LogP contribution >= 0.6 is 0 Å². The number of carbonyl (C=O) groups is 1. The number of hydrogen-bond acceptors (Lipinski definition) is 4. The third kappa shape index (κ3) is 3.95. The molecule has 21 heavy (non-hydrogen) atoms. The lowest BCUT2D eigenvalue weighted by Gasteiger charge is -2.12. The molecule has 0 aliphatic carbocycles. The Bertz CT molecular complexity index is 643. The SMILES string of the molecule is COC(=O)Cc1ccccc1COc1cc(F)ccc1N. The highest BCUT2D eigenvalue weighted by Crippen LogP contribution is 2.23. The summed E-state index contributed by atoms with van der Waals surface area (Å²) in [6, 6.07) is 11.3. The topological polar surface area (TPSA) is 61.5 Å². The van der Waals surface area contributed by atoms with E-state index in [2.05, 4.69) is 4.74 Å². The van der Waals surface area contributed by atoms with Crippen molar-refractivity contribution < 1.29 is 18.7 Å².